The molecule has 2 heterocycles. The molecule has 0 aliphatic heterocycles. The number of unbranched alkanes of at least 4 members (excludes halogenated alkanes) is 1. The summed E-state index contributed by atoms with van der Waals surface area (Å²) in [6, 6.07) is 17.4. The minimum Gasteiger partial charge on any atom is -0.457 e. The number of anilines is 1. The molecule has 1 amide bonds. The number of nitrogens with zero attached hydrogens (tertiary/aromatic N) is 1. The average Bonchev–Trinajstić information content (AvgIpc) is 3.37. The second kappa shape index (κ2) is 9.28. The first-order chi connectivity index (χ1) is 14.6. The van der Waals surface area contributed by atoms with Crippen molar-refractivity contribution >= 4 is 50.3 Å². The Morgan fingerprint density at radius 3 is 2.90 bits per heavy atom. The van der Waals surface area contributed by atoms with Crippen molar-refractivity contribution in [2.75, 3.05) is 5.32 Å². The standard InChI is InChI=1S/C24H21ClN2O2S/c1-2-3-6-16-9-12-20-22(15-16)30-24(26-20)27-23(28)14-11-17-10-13-21(29-17)18-7-4-5-8-19(18)25/h4-5,7-15H,2-3,6H2,1H3,(H,26,27,28)/b14-11+. The van der Waals surface area contributed by atoms with Crippen molar-refractivity contribution < 1.29 is 9.21 Å². The smallest absolute Gasteiger partial charge is 0.250 e. The van der Waals surface area contributed by atoms with Gasteiger partial charge in [-0.2, -0.15) is 0 Å². The third-order valence-electron chi connectivity index (χ3n) is 4.67. The van der Waals surface area contributed by atoms with E-state index < -0.39 is 0 Å². The van der Waals surface area contributed by atoms with Crippen LogP contribution in [0.15, 0.2) is 65.1 Å². The van der Waals surface area contributed by atoms with Crippen LogP contribution in [-0.2, 0) is 11.2 Å². The van der Waals surface area contributed by atoms with E-state index in [1.54, 1.807) is 12.1 Å². The number of aromatic nitrogens is 1. The minimum atomic E-state index is -0.254. The van der Waals surface area contributed by atoms with Gasteiger partial charge in [-0.15, -0.1) is 0 Å². The monoisotopic (exact) mass is 436 g/mol. The van der Waals surface area contributed by atoms with Crippen molar-refractivity contribution in [1.29, 1.82) is 0 Å². The molecule has 0 fully saturated rings. The highest BCUT2D eigenvalue weighted by molar-refractivity contribution is 7.22. The molecule has 4 nitrogen and oxygen atoms in total. The molecule has 0 bridgehead atoms. The molecule has 4 rings (SSSR count). The zero-order valence-corrected chi connectivity index (χ0v) is 18.1. The maximum Gasteiger partial charge on any atom is 0.250 e. The fourth-order valence-electron chi connectivity index (χ4n) is 3.11. The van der Waals surface area contributed by atoms with E-state index in [2.05, 4.69) is 29.4 Å². The molecule has 0 aliphatic rings. The number of rotatable bonds is 7. The van der Waals surface area contributed by atoms with Crippen LogP contribution in [-0.4, -0.2) is 10.9 Å². The number of furan rings is 1. The summed E-state index contributed by atoms with van der Waals surface area (Å²) in [6.45, 7) is 2.19. The van der Waals surface area contributed by atoms with Crippen LogP contribution in [0.5, 0.6) is 0 Å². The Hall–Kier alpha value is -2.89. The molecule has 2 aromatic carbocycles. The molecule has 0 saturated heterocycles. The van der Waals surface area contributed by atoms with E-state index in [9.17, 15) is 4.79 Å². The summed E-state index contributed by atoms with van der Waals surface area (Å²) < 4.78 is 6.86. The second-order valence-electron chi connectivity index (χ2n) is 6.93. The van der Waals surface area contributed by atoms with Crippen molar-refractivity contribution in [3.05, 3.63) is 77.0 Å². The van der Waals surface area contributed by atoms with E-state index in [0.29, 0.717) is 21.7 Å². The van der Waals surface area contributed by atoms with Crippen molar-refractivity contribution in [1.82, 2.24) is 4.98 Å². The molecule has 0 unspecified atom stereocenters. The molecule has 4 aromatic rings. The van der Waals surface area contributed by atoms with Gasteiger partial charge in [-0.3, -0.25) is 10.1 Å². The topological polar surface area (TPSA) is 55.1 Å². The second-order valence-corrected chi connectivity index (χ2v) is 8.37. The Bertz CT molecular complexity index is 1210. The van der Waals surface area contributed by atoms with E-state index in [4.69, 9.17) is 16.0 Å². The molecule has 6 heteroatoms. The molecule has 0 radical (unpaired) electrons. The molecular formula is C24H21ClN2O2S. The Morgan fingerprint density at radius 1 is 1.20 bits per heavy atom. The summed E-state index contributed by atoms with van der Waals surface area (Å²) in [5, 5.41) is 4.04. The number of carbonyl (C=O) groups excluding carboxylic acids is 1. The molecule has 0 spiro atoms. The first-order valence-electron chi connectivity index (χ1n) is 9.85. The maximum absolute atomic E-state index is 12.3. The van der Waals surface area contributed by atoms with Gasteiger partial charge in [0.25, 0.3) is 0 Å². The number of aryl methyl sites for hydroxylation is 1. The Balaban J connectivity index is 1.42. The normalized spacial score (nSPS) is 11.4. The van der Waals surface area contributed by atoms with Gasteiger partial charge in [0.15, 0.2) is 5.13 Å². The molecule has 1 N–H and O–H groups in total. The number of thiazole rings is 1. The highest BCUT2D eigenvalue weighted by Crippen LogP contribution is 2.30. The molecule has 0 atom stereocenters. The molecule has 0 saturated carbocycles. The van der Waals surface area contributed by atoms with Crippen LogP contribution in [0.25, 0.3) is 27.6 Å². The summed E-state index contributed by atoms with van der Waals surface area (Å²) >= 11 is 7.69. The van der Waals surface area contributed by atoms with Crippen molar-refractivity contribution in [2.24, 2.45) is 0 Å². The Morgan fingerprint density at radius 2 is 2.07 bits per heavy atom. The predicted octanol–water partition coefficient (Wildman–Crippen LogP) is 7.20. The van der Waals surface area contributed by atoms with Crippen molar-refractivity contribution in [3.63, 3.8) is 0 Å². The van der Waals surface area contributed by atoms with E-state index in [-0.39, 0.29) is 5.91 Å². The fourth-order valence-corrected chi connectivity index (χ4v) is 4.27. The van der Waals surface area contributed by atoms with Crippen LogP contribution < -0.4 is 5.32 Å². The Kier molecular flexibility index (Phi) is 6.31. The van der Waals surface area contributed by atoms with E-state index in [0.717, 1.165) is 22.2 Å². The summed E-state index contributed by atoms with van der Waals surface area (Å²) in [4.78, 5) is 16.8. The molecule has 2 aromatic heterocycles. The van der Waals surface area contributed by atoms with Crippen molar-refractivity contribution in [2.45, 2.75) is 26.2 Å². The van der Waals surface area contributed by atoms with Gasteiger partial charge >= 0.3 is 0 Å². The van der Waals surface area contributed by atoms with Crippen LogP contribution in [0.3, 0.4) is 0 Å². The lowest BCUT2D eigenvalue weighted by molar-refractivity contribution is -0.111. The third kappa shape index (κ3) is 4.81. The number of nitrogens with one attached hydrogen (secondary N) is 1. The maximum atomic E-state index is 12.3. The van der Waals surface area contributed by atoms with Crippen LogP contribution in [0.2, 0.25) is 5.02 Å². The number of halogens is 1. The van der Waals surface area contributed by atoms with Gasteiger partial charge in [0, 0.05) is 11.6 Å². The minimum absolute atomic E-state index is 0.254. The third-order valence-corrected chi connectivity index (χ3v) is 5.93. The zero-order valence-electron chi connectivity index (χ0n) is 16.5. The van der Waals surface area contributed by atoms with Gasteiger partial charge in [-0.25, -0.2) is 4.98 Å². The number of amides is 1. The van der Waals surface area contributed by atoms with Gasteiger partial charge in [0.2, 0.25) is 5.91 Å². The van der Waals surface area contributed by atoms with E-state index in [1.165, 1.54) is 35.8 Å². The summed E-state index contributed by atoms with van der Waals surface area (Å²) in [6.07, 6.45) is 6.47. The summed E-state index contributed by atoms with van der Waals surface area (Å²) in [7, 11) is 0. The van der Waals surface area contributed by atoms with Crippen LogP contribution in [0.4, 0.5) is 5.13 Å². The largest absolute Gasteiger partial charge is 0.457 e. The SMILES string of the molecule is CCCCc1ccc2nc(NC(=O)/C=C/c3ccc(-c4ccccc4Cl)o3)sc2c1. The lowest BCUT2D eigenvalue weighted by Crippen LogP contribution is -2.07. The van der Waals surface area contributed by atoms with Crippen LogP contribution in [0, 0.1) is 0 Å². The van der Waals surface area contributed by atoms with Gasteiger partial charge in [0.1, 0.15) is 11.5 Å². The number of hydrogen-bond donors (Lipinski definition) is 1. The van der Waals surface area contributed by atoms with Crippen LogP contribution in [0.1, 0.15) is 31.1 Å². The fraction of sp³-hybridized carbons (Fsp3) is 0.167. The number of benzene rings is 2. The molecule has 152 valence electrons. The predicted molar refractivity (Wildman–Crippen MR) is 125 cm³/mol. The molecule has 0 aliphatic carbocycles. The highest BCUT2D eigenvalue weighted by atomic mass is 35.5. The molecular weight excluding hydrogens is 416 g/mol. The highest BCUT2D eigenvalue weighted by Gasteiger charge is 2.09. The number of carbonyl (C=O) groups is 1. The van der Waals surface area contributed by atoms with E-state index >= 15 is 0 Å². The lowest BCUT2D eigenvalue weighted by Gasteiger charge is -1.99. The summed E-state index contributed by atoms with van der Waals surface area (Å²) in [5.41, 5.74) is 3.02. The van der Waals surface area contributed by atoms with E-state index in [1.807, 2.05) is 36.4 Å². The van der Waals surface area contributed by atoms with Gasteiger partial charge in [-0.05, 0) is 60.9 Å². The molecule has 30 heavy (non-hydrogen) atoms. The number of hydrogen-bond acceptors (Lipinski definition) is 4. The Labute approximate surface area is 184 Å². The van der Waals surface area contributed by atoms with Gasteiger partial charge in [0.05, 0.1) is 15.2 Å². The van der Waals surface area contributed by atoms with Crippen LogP contribution >= 0.6 is 22.9 Å². The lowest BCUT2D eigenvalue weighted by atomic mass is 10.1. The van der Waals surface area contributed by atoms with Gasteiger partial charge in [-0.1, -0.05) is 54.5 Å². The first kappa shape index (κ1) is 20.4. The number of fused-ring (bicyclic) bond motifs is 1. The average molecular weight is 437 g/mol. The zero-order chi connectivity index (χ0) is 20.9. The summed E-state index contributed by atoms with van der Waals surface area (Å²) in [5.74, 6) is 0.978. The van der Waals surface area contributed by atoms with Gasteiger partial charge < -0.3 is 4.42 Å². The van der Waals surface area contributed by atoms with Crippen molar-refractivity contribution in [3.8, 4) is 11.3 Å². The quantitative estimate of drug-likeness (QED) is 0.311. The first-order valence-corrected chi connectivity index (χ1v) is 11.0.